The molecular weight excluding hydrogens is 246 g/mol. The lowest BCUT2D eigenvalue weighted by Gasteiger charge is -2.16. The molecule has 0 spiro atoms. The molecule has 0 radical (unpaired) electrons. The summed E-state index contributed by atoms with van der Waals surface area (Å²) in [7, 11) is 0. The molecule has 19 heavy (non-hydrogen) atoms. The highest BCUT2D eigenvalue weighted by atomic mass is 19.2. The number of halogens is 2. The van der Waals surface area contributed by atoms with Crippen molar-refractivity contribution in [2.75, 3.05) is 6.61 Å². The number of hydrogen-bond donors (Lipinski definition) is 0. The Bertz CT molecular complexity index is 526. The number of ether oxygens (including phenoxy) is 1. The number of benzene rings is 2. The van der Waals surface area contributed by atoms with Gasteiger partial charge in [0.25, 0.3) is 0 Å². The minimum atomic E-state index is -0.884. The summed E-state index contributed by atoms with van der Waals surface area (Å²) in [5.74, 6) is -1.14. The summed E-state index contributed by atoms with van der Waals surface area (Å²) in [4.78, 5) is 0. The SMILES string of the molecule is CCC(COc1ccc(F)c(F)c1)c1ccccc1. The van der Waals surface area contributed by atoms with E-state index in [9.17, 15) is 8.78 Å². The third-order valence-corrected chi connectivity index (χ3v) is 3.11. The smallest absolute Gasteiger partial charge is 0.162 e. The Labute approximate surface area is 111 Å². The lowest BCUT2D eigenvalue weighted by Crippen LogP contribution is -2.09. The van der Waals surface area contributed by atoms with E-state index in [-0.39, 0.29) is 5.92 Å². The van der Waals surface area contributed by atoms with Crippen molar-refractivity contribution < 1.29 is 13.5 Å². The molecule has 1 nitrogen and oxygen atoms in total. The fraction of sp³-hybridized carbons (Fsp3) is 0.250. The second kappa shape index (κ2) is 6.32. The van der Waals surface area contributed by atoms with Crippen LogP contribution in [0.4, 0.5) is 8.78 Å². The maximum absolute atomic E-state index is 13.1. The van der Waals surface area contributed by atoms with Gasteiger partial charge in [-0.1, -0.05) is 37.3 Å². The van der Waals surface area contributed by atoms with Gasteiger partial charge in [0.15, 0.2) is 11.6 Å². The molecule has 1 unspecified atom stereocenters. The van der Waals surface area contributed by atoms with E-state index in [1.165, 1.54) is 11.6 Å². The lowest BCUT2D eigenvalue weighted by atomic mass is 9.98. The van der Waals surface area contributed by atoms with Gasteiger partial charge in [0.05, 0.1) is 6.61 Å². The van der Waals surface area contributed by atoms with Gasteiger partial charge in [-0.2, -0.15) is 0 Å². The van der Waals surface area contributed by atoms with Crippen LogP contribution in [0.15, 0.2) is 48.5 Å². The van der Waals surface area contributed by atoms with E-state index >= 15 is 0 Å². The van der Waals surface area contributed by atoms with Crippen molar-refractivity contribution >= 4 is 0 Å². The van der Waals surface area contributed by atoms with Gasteiger partial charge in [-0.15, -0.1) is 0 Å². The summed E-state index contributed by atoms with van der Waals surface area (Å²) < 4.78 is 31.4. The molecule has 3 heteroatoms. The third-order valence-electron chi connectivity index (χ3n) is 3.11. The summed E-state index contributed by atoms with van der Waals surface area (Å²) >= 11 is 0. The lowest BCUT2D eigenvalue weighted by molar-refractivity contribution is 0.282. The Kier molecular flexibility index (Phi) is 4.50. The molecule has 0 amide bonds. The van der Waals surface area contributed by atoms with Crippen molar-refractivity contribution in [3.63, 3.8) is 0 Å². The molecule has 100 valence electrons. The molecule has 0 aliphatic carbocycles. The Morgan fingerprint density at radius 1 is 1.00 bits per heavy atom. The molecular formula is C16H16F2O. The monoisotopic (exact) mass is 262 g/mol. The third kappa shape index (κ3) is 3.53. The van der Waals surface area contributed by atoms with Crippen molar-refractivity contribution in [1.82, 2.24) is 0 Å². The van der Waals surface area contributed by atoms with Crippen LogP contribution in [0.5, 0.6) is 5.75 Å². The summed E-state index contributed by atoms with van der Waals surface area (Å²) in [6, 6.07) is 13.6. The first-order chi connectivity index (χ1) is 9.20. The fourth-order valence-electron chi connectivity index (χ4n) is 1.94. The Morgan fingerprint density at radius 3 is 2.37 bits per heavy atom. The second-order valence-electron chi connectivity index (χ2n) is 4.40. The van der Waals surface area contributed by atoms with Crippen LogP contribution >= 0.6 is 0 Å². The molecule has 0 saturated carbocycles. The first-order valence-corrected chi connectivity index (χ1v) is 6.33. The predicted molar refractivity (Wildman–Crippen MR) is 71.3 cm³/mol. The summed E-state index contributed by atoms with van der Waals surface area (Å²) in [6.07, 6.45) is 0.924. The topological polar surface area (TPSA) is 9.23 Å². The molecule has 0 bridgehead atoms. The van der Waals surface area contributed by atoms with Crippen LogP contribution in [0.3, 0.4) is 0 Å². The van der Waals surface area contributed by atoms with E-state index in [2.05, 4.69) is 6.92 Å². The maximum atomic E-state index is 13.1. The van der Waals surface area contributed by atoms with Crippen molar-refractivity contribution in [1.29, 1.82) is 0 Å². The predicted octanol–water partition coefficient (Wildman–Crippen LogP) is 4.54. The quantitative estimate of drug-likeness (QED) is 0.768. The Morgan fingerprint density at radius 2 is 1.74 bits per heavy atom. The second-order valence-corrected chi connectivity index (χ2v) is 4.40. The van der Waals surface area contributed by atoms with Gasteiger partial charge in [0.1, 0.15) is 5.75 Å². The van der Waals surface area contributed by atoms with Gasteiger partial charge in [0, 0.05) is 12.0 Å². The van der Waals surface area contributed by atoms with Crippen molar-refractivity contribution in [2.45, 2.75) is 19.3 Å². The van der Waals surface area contributed by atoms with E-state index in [4.69, 9.17) is 4.74 Å². The van der Waals surface area contributed by atoms with Crippen molar-refractivity contribution in [2.24, 2.45) is 0 Å². The molecule has 0 heterocycles. The highest BCUT2D eigenvalue weighted by molar-refractivity contribution is 5.24. The summed E-state index contributed by atoms with van der Waals surface area (Å²) in [5, 5.41) is 0. The van der Waals surface area contributed by atoms with Crippen LogP contribution in [0.25, 0.3) is 0 Å². The molecule has 0 saturated heterocycles. The molecule has 1 atom stereocenters. The molecule has 0 aromatic heterocycles. The first-order valence-electron chi connectivity index (χ1n) is 6.33. The fourth-order valence-corrected chi connectivity index (χ4v) is 1.94. The van der Waals surface area contributed by atoms with E-state index in [1.807, 2.05) is 30.3 Å². The van der Waals surface area contributed by atoms with Gasteiger partial charge in [0.2, 0.25) is 0 Å². The van der Waals surface area contributed by atoms with Gasteiger partial charge >= 0.3 is 0 Å². The molecule has 0 fully saturated rings. The van der Waals surface area contributed by atoms with Gasteiger partial charge in [-0.25, -0.2) is 8.78 Å². The largest absolute Gasteiger partial charge is 0.493 e. The van der Waals surface area contributed by atoms with Crippen LogP contribution in [-0.2, 0) is 0 Å². The molecule has 0 aliphatic heterocycles. The van der Waals surface area contributed by atoms with Crippen molar-refractivity contribution in [3.05, 3.63) is 65.7 Å². The Balaban J connectivity index is 2.02. The molecule has 0 N–H and O–H groups in total. The highest BCUT2D eigenvalue weighted by Gasteiger charge is 2.10. The minimum Gasteiger partial charge on any atom is -0.493 e. The molecule has 2 aromatic rings. The van der Waals surface area contributed by atoms with Gasteiger partial charge in [-0.3, -0.25) is 0 Å². The van der Waals surface area contributed by atoms with E-state index in [0.717, 1.165) is 18.6 Å². The normalized spacial score (nSPS) is 12.2. The standard InChI is InChI=1S/C16H16F2O/c1-2-12(13-6-4-3-5-7-13)11-19-14-8-9-15(17)16(18)10-14/h3-10,12H,2,11H2,1H3. The summed E-state index contributed by atoms with van der Waals surface area (Å²) in [6.45, 7) is 2.53. The van der Waals surface area contributed by atoms with Crippen LogP contribution < -0.4 is 4.74 Å². The van der Waals surface area contributed by atoms with Crippen LogP contribution in [0, 0.1) is 11.6 Å². The number of hydrogen-bond acceptors (Lipinski definition) is 1. The van der Waals surface area contributed by atoms with E-state index in [1.54, 1.807) is 0 Å². The zero-order chi connectivity index (χ0) is 13.7. The summed E-state index contributed by atoms with van der Waals surface area (Å²) in [5.41, 5.74) is 1.19. The minimum absolute atomic E-state index is 0.245. The number of rotatable bonds is 5. The highest BCUT2D eigenvalue weighted by Crippen LogP contribution is 2.22. The van der Waals surface area contributed by atoms with E-state index < -0.39 is 11.6 Å². The van der Waals surface area contributed by atoms with Crippen LogP contribution in [0.1, 0.15) is 24.8 Å². The van der Waals surface area contributed by atoms with Crippen LogP contribution in [-0.4, -0.2) is 6.61 Å². The molecule has 2 rings (SSSR count). The average Bonchev–Trinajstić information content (AvgIpc) is 2.44. The average molecular weight is 262 g/mol. The van der Waals surface area contributed by atoms with E-state index in [0.29, 0.717) is 12.4 Å². The van der Waals surface area contributed by atoms with Gasteiger partial charge in [-0.05, 0) is 24.1 Å². The Hall–Kier alpha value is -1.90. The maximum Gasteiger partial charge on any atom is 0.162 e. The first kappa shape index (κ1) is 13.5. The molecule has 0 aliphatic rings. The van der Waals surface area contributed by atoms with Crippen molar-refractivity contribution in [3.8, 4) is 5.75 Å². The van der Waals surface area contributed by atoms with Gasteiger partial charge < -0.3 is 4.74 Å². The van der Waals surface area contributed by atoms with Crippen LogP contribution in [0.2, 0.25) is 0 Å². The zero-order valence-electron chi connectivity index (χ0n) is 10.8. The molecule has 2 aromatic carbocycles. The zero-order valence-corrected chi connectivity index (χ0v) is 10.8.